The van der Waals surface area contributed by atoms with Gasteiger partial charge in [0.05, 0.1) is 5.56 Å². The monoisotopic (exact) mass is 290 g/mol. The predicted molar refractivity (Wildman–Crippen MR) is 79.2 cm³/mol. The quantitative estimate of drug-likeness (QED) is 0.883. The Kier molecular flexibility index (Phi) is 3.26. The molecule has 5 heteroatoms. The first-order valence-corrected chi connectivity index (χ1v) is 7.03. The molecule has 1 N–H and O–H groups in total. The maximum absolute atomic E-state index is 12.5. The molecule has 2 aromatic rings. The van der Waals surface area contributed by atoms with Gasteiger partial charge in [-0.15, -0.1) is 0 Å². The molecule has 1 aromatic heterocycles. The summed E-state index contributed by atoms with van der Waals surface area (Å²) in [4.78, 5) is 27.0. The number of hydrogen-bond acceptors (Lipinski definition) is 2. The number of aromatic nitrogens is 2. The summed E-state index contributed by atoms with van der Waals surface area (Å²) in [5, 5.41) is 0.107. The SMILES string of the molecule is Cc1ccc(-c2c(Cl)[nH]c(=O)n(CC3CC3)c2=O)cc1. The van der Waals surface area contributed by atoms with Gasteiger partial charge in [0.25, 0.3) is 5.56 Å². The fraction of sp³-hybridized carbons (Fsp3) is 0.333. The van der Waals surface area contributed by atoms with Crippen LogP contribution < -0.4 is 11.2 Å². The standard InChI is InChI=1S/C15H15ClN2O2/c1-9-2-6-11(7-3-9)12-13(16)17-15(20)18(14(12)19)8-10-4-5-10/h2-3,6-7,10H,4-5,8H2,1H3,(H,17,20). The van der Waals surface area contributed by atoms with E-state index in [4.69, 9.17) is 11.6 Å². The zero-order valence-corrected chi connectivity index (χ0v) is 11.9. The maximum Gasteiger partial charge on any atom is 0.329 e. The van der Waals surface area contributed by atoms with E-state index in [2.05, 4.69) is 4.98 Å². The molecule has 1 fully saturated rings. The van der Waals surface area contributed by atoms with Crippen molar-refractivity contribution in [3.63, 3.8) is 0 Å². The van der Waals surface area contributed by atoms with Crippen molar-refractivity contribution >= 4 is 11.6 Å². The molecule has 104 valence electrons. The number of aryl methyl sites for hydroxylation is 1. The van der Waals surface area contributed by atoms with E-state index < -0.39 is 5.69 Å². The number of rotatable bonds is 3. The molecule has 0 bridgehead atoms. The summed E-state index contributed by atoms with van der Waals surface area (Å²) >= 11 is 6.06. The zero-order chi connectivity index (χ0) is 14.3. The predicted octanol–water partition coefficient (Wildman–Crippen LogP) is 2.58. The highest BCUT2D eigenvalue weighted by Crippen LogP contribution is 2.30. The fourth-order valence-electron chi connectivity index (χ4n) is 2.24. The van der Waals surface area contributed by atoms with E-state index in [1.54, 1.807) is 0 Å². The van der Waals surface area contributed by atoms with Crippen LogP contribution in [0.15, 0.2) is 33.9 Å². The lowest BCUT2D eigenvalue weighted by molar-refractivity contribution is 0.576. The first-order chi connectivity index (χ1) is 9.56. The number of benzene rings is 1. The van der Waals surface area contributed by atoms with E-state index in [1.807, 2.05) is 31.2 Å². The van der Waals surface area contributed by atoms with Crippen LogP contribution in [0.4, 0.5) is 0 Å². The smallest absolute Gasteiger partial charge is 0.297 e. The first kappa shape index (κ1) is 13.2. The Morgan fingerprint density at radius 1 is 1.25 bits per heavy atom. The van der Waals surface area contributed by atoms with Crippen molar-refractivity contribution in [1.29, 1.82) is 0 Å². The van der Waals surface area contributed by atoms with Crippen molar-refractivity contribution in [3.8, 4) is 11.1 Å². The average Bonchev–Trinajstić information content (AvgIpc) is 3.20. The highest BCUT2D eigenvalue weighted by Gasteiger charge is 2.24. The van der Waals surface area contributed by atoms with Crippen LogP contribution >= 0.6 is 11.6 Å². The van der Waals surface area contributed by atoms with Crippen LogP contribution in [-0.2, 0) is 6.54 Å². The Morgan fingerprint density at radius 2 is 1.90 bits per heavy atom. The van der Waals surface area contributed by atoms with Crippen LogP contribution in [0.3, 0.4) is 0 Å². The molecule has 0 unspecified atom stereocenters. The summed E-state index contributed by atoms with van der Waals surface area (Å²) in [6.45, 7) is 2.45. The number of aromatic amines is 1. The normalized spacial score (nSPS) is 14.5. The maximum atomic E-state index is 12.5. The molecule has 1 aliphatic rings. The van der Waals surface area contributed by atoms with Crippen LogP contribution in [0.1, 0.15) is 18.4 Å². The summed E-state index contributed by atoms with van der Waals surface area (Å²) < 4.78 is 1.26. The van der Waals surface area contributed by atoms with Crippen molar-refractivity contribution in [2.75, 3.05) is 0 Å². The summed E-state index contributed by atoms with van der Waals surface area (Å²) in [5.41, 5.74) is 1.46. The minimum Gasteiger partial charge on any atom is -0.297 e. The van der Waals surface area contributed by atoms with Crippen molar-refractivity contribution in [2.45, 2.75) is 26.3 Å². The largest absolute Gasteiger partial charge is 0.329 e. The first-order valence-electron chi connectivity index (χ1n) is 6.66. The Labute approximate surface area is 121 Å². The topological polar surface area (TPSA) is 54.9 Å². The average molecular weight is 291 g/mol. The molecule has 0 saturated heterocycles. The molecule has 0 spiro atoms. The van der Waals surface area contributed by atoms with Crippen molar-refractivity contribution in [2.24, 2.45) is 5.92 Å². The summed E-state index contributed by atoms with van der Waals surface area (Å²) in [6, 6.07) is 7.53. The lowest BCUT2D eigenvalue weighted by Crippen LogP contribution is -2.36. The third kappa shape index (κ3) is 2.43. The molecule has 20 heavy (non-hydrogen) atoms. The van der Waals surface area contributed by atoms with Gasteiger partial charge in [-0.25, -0.2) is 4.79 Å². The molecule has 0 atom stereocenters. The molecule has 1 aromatic carbocycles. The molecule has 1 heterocycles. The zero-order valence-electron chi connectivity index (χ0n) is 11.1. The van der Waals surface area contributed by atoms with Gasteiger partial charge in [-0.05, 0) is 31.2 Å². The van der Waals surface area contributed by atoms with E-state index in [1.165, 1.54) is 4.57 Å². The summed E-state index contributed by atoms with van der Waals surface area (Å²) in [5.74, 6) is 0.445. The molecule has 0 radical (unpaired) electrons. The Hall–Kier alpha value is -1.81. The number of nitrogens with one attached hydrogen (secondary N) is 1. The number of hydrogen-bond donors (Lipinski definition) is 1. The van der Waals surface area contributed by atoms with Crippen LogP contribution in [0, 0.1) is 12.8 Å². The van der Waals surface area contributed by atoms with Gasteiger partial charge in [-0.2, -0.15) is 0 Å². The molecule has 1 aliphatic carbocycles. The summed E-state index contributed by atoms with van der Waals surface area (Å²) in [7, 11) is 0. The number of H-pyrrole nitrogens is 1. The van der Waals surface area contributed by atoms with Gasteiger partial charge in [0.15, 0.2) is 0 Å². The van der Waals surface area contributed by atoms with Gasteiger partial charge < -0.3 is 0 Å². The lowest BCUT2D eigenvalue weighted by atomic mass is 10.1. The van der Waals surface area contributed by atoms with E-state index >= 15 is 0 Å². The molecule has 0 aliphatic heterocycles. The highest BCUT2D eigenvalue weighted by molar-refractivity contribution is 6.32. The highest BCUT2D eigenvalue weighted by atomic mass is 35.5. The molecule has 1 saturated carbocycles. The number of halogens is 1. The van der Waals surface area contributed by atoms with E-state index in [-0.39, 0.29) is 10.7 Å². The molecule has 3 rings (SSSR count). The van der Waals surface area contributed by atoms with E-state index in [0.29, 0.717) is 18.0 Å². The van der Waals surface area contributed by atoms with Gasteiger partial charge in [0.1, 0.15) is 5.15 Å². The Morgan fingerprint density at radius 3 is 2.50 bits per heavy atom. The summed E-state index contributed by atoms with van der Waals surface area (Å²) in [6.07, 6.45) is 2.16. The van der Waals surface area contributed by atoms with Gasteiger partial charge in [-0.3, -0.25) is 14.3 Å². The van der Waals surface area contributed by atoms with E-state index in [0.717, 1.165) is 24.0 Å². The van der Waals surface area contributed by atoms with Crippen LogP contribution in [0.2, 0.25) is 5.15 Å². The molecular weight excluding hydrogens is 276 g/mol. The van der Waals surface area contributed by atoms with E-state index in [9.17, 15) is 9.59 Å². The molecule has 4 nitrogen and oxygen atoms in total. The second-order valence-electron chi connectivity index (χ2n) is 5.34. The number of nitrogens with zero attached hydrogens (tertiary/aromatic N) is 1. The fourth-order valence-corrected chi connectivity index (χ4v) is 2.51. The minimum absolute atomic E-state index is 0.107. The van der Waals surface area contributed by atoms with Crippen LogP contribution in [0.5, 0.6) is 0 Å². The Balaban J connectivity index is 2.16. The second kappa shape index (κ2) is 4.94. The Bertz CT molecular complexity index is 755. The van der Waals surface area contributed by atoms with Crippen LogP contribution in [0.25, 0.3) is 11.1 Å². The third-order valence-electron chi connectivity index (χ3n) is 3.62. The second-order valence-corrected chi connectivity index (χ2v) is 5.72. The van der Waals surface area contributed by atoms with Crippen molar-refractivity contribution < 1.29 is 0 Å². The van der Waals surface area contributed by atoms with Crippen LogP contribution in [-0.4, -0.2) is 9.55 Å². The van der Waals surface area contributed by atoms with Gasteiger partial charge in [0.2, 0.25) is 0 Å². The third-order valence-corrected chi connectivity index (χ3v) is 3.90. The molecule has 0 amide bonds. The lowest BCUT2D eigenvalue weighted by Gasteiger charge is -2.09. The van der Waals surface area contributed by atoms with Gasteiger partial charge >= 0.3 is 5.69 Å². The molecular formula is C15H15ClN2O2. The van der Waals surface area contributed by atoms with Crippen molar-refractivity contribution in [1.82, 2.24) is 9.55 Å². The van der Waals surface area contributed by atoms with Gasteiger partial charge in [-0.1, -0.05) is 41.4 Å². The van der Waals surface area contributed by atoms with Crippen molar-refractivity contribution in [3.05, 3.63) is 55.8 Å². The minimum atomic E-state index is -0.428. The van der Waals surface area contributed by atoms with Gasteiger partial charge in [0, 0.05) is 6.54 Å².